The standard InChI is InChI=1S/C14H19NO5/c1-5-19-12(8-13(16)20-6-2)11-7-10(17-3)9-15-14(11)18-4/h7-9H,5-6H2,1-4H3/b12-8+. The summed E-state index contributed by atoms with van der Waals surface area (Å²) in [7, 11) is 3.02. The van der Waals surface area contributed by atoms with Gasteiger partial charge in [0.2, 0.25) is 5.88 Å². The van der Waals surface area contributed by atoms with Crippen LogP contribution in [-0.4, -0.2) is 38.4 Å². The maximum Gasteiger partial charge on any atom is 0.334 e. The van der Waals surface area contributed by atoms with E-state index in [4.69, 9.17) is 18.9 Å². The lowest BCUT2D eigenvalue weighted by atomic mass is 10.2. The normalized spacial score (nSPS) is 10.9. The highest BCUT2D eigenvalue weighted by Gasteiger charge is 2.15. The van der Waals surface area contributed by atoms with Crippen molar-refractivity contribution in [3.63, 3.8) is 0 Å². The molecule has 0 spiro atoms. The molecule has 0 saturated heterocycles. The Balaban J connectivity index is 3.22. The Bertz CT molecular complexity index is 484. The zero-order valence-corrected chi connectivity index (χ0v) is 12.1. The molecule has 1 rings (SSSR count). The maximum absolute atomic E-state index is 11.6. The van der Waals surface area contributed by atoms with Gasteiger partial charge in [0, 0.05) is 0 Å². The zero-order chi connectivity index (χ0) is 15.0. The van der Waals surface area contributed by atoms with Crippen LogP contribution in [0.25, 0.3) is 5.76 Å². The predicted molar refractivity (Wildman–Crippen MR) is 73.6 cm³/mol. The van der Waals surface area contributed by atoms with Gasteiger partial charge < -0.3 is 18.9 Å². The number of methoxy groups -OCH3 is 2. The van der Waals surface area contributed by atoms with Gasteiger partial charge in [0.1, 0.15) is 11.5 Å². The average molecular weight is 281 g/mol. The van der Waals surface area contributed by atoms with Crippen molar-refractivity contribution in [3.05, 3.63) is 23.9 Å². The Morgan fingerprint density at radius 2 is 1.90 bits per heavy atom. The Hall–Kier alpha value is -2.24. The third-order valence-corrected chi connectivity index (χ3v) is 2.36. The van der Waals surface area contributed by atoms with E-state index in [9.17, 15) is 4.79 Å². The number of nitrogens with zero attached hydrogens (tertiary/aromatic N) is 1. The van der Waals surface area contributed by atoms with Gasteiger partial charge in [-0.25, -0.2) is 9.78 Å². The highest BCUT2D eigenvalue weighted by Crippen LogP contribution is 2.28. The van der Waals surface area contributed by atoms with Gasteiger partial charge in [-0.3, -0.25) is 0 Å². The molecule has 0 radical (unpaired) electrons. The van der Waals surface area contributed by atoms with Crippen LogP contribution in [0.4, 0.5) is 0 Å². The van der Waals surface area contributed by atoms with Crippen LogP contribution in [0.15, 0.2) is 18.3 Å². The number of ether oxygens (including phenoxy) is 4. The van der Waals surface area contributed by atoms with Crippen molar-refractivity contribution in [1.82, 2.24) is 4.98 Å². The number of rotatable bonds is 7. The van der Waals surface area contributed by atoms with E-state index in [0.29, 0.717) is 36.2 Å². The summed E-state index contributed by atoms with van der Waals surface area (Å²) in [5.74, 6) is 0.722. The molecular formula is C14H19NO5. The molecule has 0 aliphatic rings. The molecule has 1 aromatic rings. The number of hydrogen-bond donors (Lipinski definition) is 0. The minimum absolute atomic E-state index is 0.294. The van der Waals surface area contributed by atoms with Crippen LogP contribution in [0.2, 0.25) is 0 Å². The molecule has 20 heavy (non-hydrogen) atoms. The molecule has 110 valence electrons. The number of carbonyl (C=O) groups excluding carboxylic acids is 1. The number of esters is 1. The molecule has 0 aliphatic heterocycles. The molecule has 0 atom stereocenters. The molecule has 0 amide bonds. The number of aromatic nitrogens is 1. The van der Waals surface area contributed by atoms with Crippen LogP contribution in [0, 0.1) is 0 Å². The molecule has 0 aromatic carbocycles. The molecular weight excluding hydrogens is 262 g/mol. The fourth-order valence-corrected chi connectivity index (χ4v) is 1.53. The van der Waals surface area contributed by atoms with E-state index in [1.165, 1.54) is 26.5 Å². The lowest BCUT2D eigenvalue weighted by molar-refractivity contribution is -0.137. The fraction of sp³-hybridized carbons (Fsp3) is 0.429. The van der Waals surface area contributed by atoms with Gasteiger partial charge in [0.25, 0.3) is 0 Å². The van der Waals surface area contributed by atoms with Crippen LogP contribution in [0.1, 0.15) is 19.4 Å². The van der Waals surface area contributed by atoms with Gasteiger partial charge in [0.05, 0.1) is 45.3 Å². The van der Waals surface area contributed by atoms with E-state index in [1.807, 2.05) is 6.92 Å². The SMILES string of the molecule is CCOC(=O)/C=C(/OCC)c1cc(OC)cnc1OC. The Kier molecular flexibility index (Phi) is 6.36. The van der Waals surface area contributed by atoms with Crippen molar-refractivity contribution >= 4 is 11.7 Å². The van der Waals surface area contributed by atoms with Crippen LogP contribution in [0.3, 0.4) is 0 Å². The molecule has 1 aromatic heterocycles. The van der Waals surface area contributed by atoms with Crippen LogP contribution < -0.4 is 9.47 Å². The van der Waals surface area contributed by atoms with Gasteiger partial charge in [-0.05, 0) is 19.9 Å². The summed E-state index contributed by atoms with van der Waals surface area (Å²) in [5.41, 5.74) is 0.529. The lowest BCUT2D eigenvalue weighted by Gasteiger charge is -2.13. The minimum atomic E-state index is -0.485. The summed E-state index contributed by atoms with van der Waals surface area (Å²) in [4.78, 5) is 15.7. The minimum Gasteiger partial charge on any atom is -0.495 e. The largest absolute Gasteiger partial charge is 0.495 e. The average Bonchev–Trinajstić information content (AvgIpc) is 2.46. The molecule has 0 aliphatic carbocycles. The lowest BCUT2D eigenvalue weighted by Crippen LogP contribution is -2.04. The molecule has 0 unspecified atom stereocenters. The second-order valence-corrected chi connectivity index (χ2v) is 3.63. The van der Waals surface area contributed by atoms with E-state index in [0.717, 1.165) is 0 Å². The molecule has 0 saturated carbocycles. The van der Waals surface area contributed by atoms with Crippen molar-refractivity contribution in [3.8, 4) is 11.6 Å². The predicted octanol–water partition coefficient (Wildman–Crippen LogP) is 2.04. The van der Waals surface area contributed by atoms with Crippen molar-refractivity contribution in [1.29, 1.82) is 0 Å². The fourth-order valence-electron chi connectivity index (χ4n) is 1.53. The van der Waals surface area contributed by atoms with Gasteiger partial charge >= 0.3 is 5.97 Å². The Morgan fingerprint density at radius 3 is 2.45 bits per heavy atom. The summed E-state index contributed by atoms with van der Waals surface area (Å²) in [6, 6.07) is 1.69. The number of hydrogen-bond acceptors (Lipinski definition) is 6. The molecule has 1 heterocycles. The molecule has 6 heteroatoms. The topological polar surface area (TPSA) is 66.9 Å². The van der Waals surface area contributed by atoms with E-state index in [-0.39, 0.29) is 0 Å². The van der Waals surface area contributed by atoms with Crippen molar-refractivity contribution in [2.24, 2.45) is 0 Å². The summed E-state index contributed by atoms with van der Waals surface area (Å²) in [6.07, 6.45) is 2.79. The zero-order valence-electron chi connectivity index (χ0n) is 12.1. The number of carbonyl (C=O) groups is 1. The Morgan fingerprint density at radius 1 is 1.20 bits per heavy atom. The van der Waals surface area contributed by atoms with E-state index >= 15 is 0 Å². The highest BCUT2D eigenvalue weighted by atomic mass is 16.5. The smallest absolute Gasteiger partial charge is 0.334 e. The molecule has 6 nitrogen and oxygen atoms in total. The van der Waals surface area contributed by atoms with E-state index in [1.54, 1.807) is 13.0 Å². The van der Waals surface area contributed by atoms with Crippen LogP contribution in [0.5, 0.6) is 11.6 Å². The third-order valence-electron chi connectivity index (χ3n) is 2.36. The van der Waals surface area contributed by atoms with E-state index < -0.39 is 5.97 Å². The maximum atomic E-state index is 11.6. The molecule has 0 fully saturated rings. The quantitative estimate of drug-likeness (QED) is 0.433. The van der Waals surface area contributed by atoms with Crippen LogP contribution in [-0.2, 0) is 14.3 Å². The van der Waals surface area contributed by atoms with Crippen molar-refractivity contribution < 1.29 is 23.7 Å². The van der Waals surface area contributed by atoms with Gasteiger partial charge in [-0.15, -0.1) is 0 Å². The van der Waals surface area contributed by atoms with Gasteiger partial charge in [0.15, 0.2) is 0 Å². The van der Waals surface area contributed by atoms with Crippen molar-refractivity contribution in [2.75, 3.05) is 27.4 Å². The first kappa shape index (κ1) is 15.8. The summed E-state index contributed by atoms with van der Waals surface area (Å²) in [6.45, 7) is 4.24. The first-order valence-electron chi connectivity index (χ1n) is 6.25. The number of pyridine rings is 1. The summed E-state index contributed by atoms with van der Waals surface area (Å²) >= 11 is 0. The highest BCUT2D eigenvalue weighted by molar-refractivity contribution is 5.90. The second-order valence-electron chi connectivity index (χ2n) is 3.63. The second kappa shape index (κ2) is 8.04. The first-order chi connectivity index (χ1) is 9.65. The third kappa shape index (κ3) is 4.15. The summed E-state index contributed by atoms with van der Waals surface area (Å²) < 4.78 is 20.6. The monoisotopic (exact) mass is 281 g/mol. The Labute approximate surface area is 118 Å². The summed E-state index contributed by atoms with van der Waals surface area (Å²) in [5, 5.41) is 0. The van der Waals surface area contributed by atoms with Gasteiger partial charge in [-0.2, -0.15) is 0 Å². The van der Waals surface area contributed by atoms with E-state index in [2.05, 4.69) is 4.98 Å². The van der Waals surface area contributed by atoms with Gasteiger partial charge in [-0.1, -0.05) is 0 Å². The van der Waals surface area contributed by atoms with Crippen molar-refractivity contribution in [2.45, 2.75) is 13.8 Å². The first-order valence-corrected chi connectivity index (χ1v) is 6.25. The van der Waals surface area contributed by atoms with Crippen LogP contribution >= 0.6 is 0 Å². The molecule has 0 N–H and O–H groups in total. The molecule has 0 bridgehead atoms.